The molecule has 0 aliphatic heterocycles. The normalized spacial score (nSPS) is 13.6. The van der Waals surface area contributed by atoms with Crippen LogP contribution in [-0.4, -0.2) is 47.9 Å². The third-order valence-electron chi connectivity index (χ3n) is 5.23. The van der Waals surface area contributed by atoms with Crippen molar-refractivity contribution in [3.05, 3.63) is 71.8 Å². The number of hydrogen-bond acceptors (Lipinski definition) is 8. The van der Waals surface area contributed by atoms with Crippen molar-refractivity contribution in [1.29, 1.82) is 0 Å². The fourth-order valence-corrected chi connectivity index (χ4v) is 3.50. The van der Waals surface area contributed by atoms with Gasteiger partial charge in [0.05, 0.1) is 0 Å². The minimum Gasteiger partial charge on any atom is -0.458 e. The van der Waals surface area contributed by atoms with Crippen LogP contribution in [0.25, 0.3) is 0 Å². The first-order chi connectivity index (χ1) is 17.9. The summed E-state index contributed by atoms with van der Waals surface area (Å²) < 4.78 is 21.7. The molecule has 3 atom stereocenters. The minimum atomic E-state index is -1.39. The molecule has 0 spiro atoms. The van der Waals surface area contributed by atoms with Crippen molar-refractivity contribution in [2.24, 2.45) is 5.92 Å². The van der Waals surface area contributed by atoms with Crippen LogP contribution in [0.15, 0.2) is 60.7 Å². The molecule has 0 bridgehead atoms. The molecule has 9 nitrogen and oxygen atoms in total. The number of esters is 2. The van der Waals surface area contributed by atoms with Crippen LogP contribution >= 0.6 is 0 Å². The van der Waals surface area contributed by atoms with Gasteiger partial charge in [-0.15, -0.1) is 0 Å². The highest BCUT2D eigenvalue weighted by atomic mass is 16.7. The van der Waals surface area contributed by atoms with Gasteiger partial charge in [-0.1, -0.05) is 74.5 Å². The van der Waals surface area contributed by atoms with Gasteiger partial charge in [-0.2, -0.15) is 0 Å². The zero-order valence-electron chi connectivity index (χ0n) is 22.8. The van der Waals surface area contributed by atoms with Crippen molar-refractivity contribution in [1.82, 2.24) is 5.32 Å². The van der Waals surface area contributed by atoms with E-state index < -0.39 is 53.8 Å². The standard InChI is InChI=1S/C29H37NO8/c1-19(2)25(37-28(34)38-29(4,5)6)24(30-20(3)31)27(33)36-23(17-21-13-9-7-10-14-21)26(32)35-18-22-15-11-8-12-16-22/h7-16,19,23-25H,17-18H2,1-6H3,(H,30,31)/t23-,24+,25-/m1/s1. The van der Waals surface area contributed by atoms with E-state index >= 15 is 0 Å². The molecule has 1 amide bonds. The van der Waals surface area contributed by atoms with Gasteiger partial charge in [0.1, 0.15) is 18.3 Å². The zero-order chi connectivity index (χ0) is 28.3. The number of ether oxygens (including phenoxy) is 4. The maximum absolute atomic E-state index is 13.4. The zero-order valence-corrected chi connectivity index (χ0v) is 22.8. The lowest BCUT2D eigenvalue weighted by molar-refractivity contribution is -0.172. The lowest BCUT2D eigenvalue weighted by Crippen LogP contribution is -2.54. The molecule has 0 aromatic heterocycles. The second-order valence-corrected chi connectivity index (χ2v) is 10.2. The van der Waals surface area contributed by atoms with Crippen LogP contribution in [-0.2, 0) is 46.4 Å². The van der Waals surface area contributed by atoms with Gasteiger partial charge in [0, 0.05) is 13.3 Å². The lowest BCUT2D eigenvalue weighted by Gasteiger charge is -2.30. The minimum absolute atomic E-state index is 0.00594. The summed E-state index contributed by atoms with van der Waals surface area (Å²) >= 11 is 0. The van der Waals surface area contributed by atoms with Crippen molar-refractivity contribution >= 4 is 24.0 Å². The Morgan fingerprint density at radius 1 is 0.816 bits per heavy atom. The molecule has 0 aliphatic rings. The highest BCUT2D eigenvalue weighted by Crippen LogP contribution is 2.19. The van der Waals surface area contributed by atoms with Gasteiger partial charge in [0.25, 0.3) is 0 Å². The maximum atomic E-state index is 13.4. The number of hydrogen-bond donors (Lipinski definition) is 1. The summed E-state index contributed by atoms with van der Waals surface area (Å²) in [6.07, 6.45) is -3.38. The summed E-state index contributed by atoms with van der Waals surface area (Å²) in [5.74, 6) is -2.65. The average molecular weight is 528 g/mol. The fourth-order valence-electron chi connectivity index (χ4n) is 3.50. The van der Waals surface area contributed by atoms with Crippen LogP contribution in [0.3, 0.4) is 0 Å². The van der Waals surface area contributed by atoms with E-state index in [9.17, 15) is 19.2 Å². The molecule has 2 aromatic rings. The van der Waals surface area contributed by atoms with Crippen LogP contribution in [0, 0.1) is 5.92 Å². The maximum Gasteiger partial charge on any atom is 0.509 e. The summed E-state index contributed by atoms with van der Waals surface area (Å²) in [5.41, 5.74) is 0.683. The number of benzene rings is 2. The molecule has 2 rings (SSSR count). The van der Waals surface area contributed by atoms with Crippen LogP contribution < -0.4 is 5.32 Å². The Morgan fingerprint density at radius 2 is 1.37 bits per heavy atom. The molecule has 0 fully saturated rings. The first-order valence-electron chi connectivity index (χ1n) is 12.5. The van der Waals surface area contributed by atoms with Gasteiger partial charge in [0.2, 0.25) is 12.0 Å². The Labute approximate surface area is 223 Å². The third kappa shape index (κ3) is 10.6. The summed E-state index contributed by atoms with van der Waals surface area (Å²) in [6.45, 7) is 9.67. The summed E-state index contributed by atoms with van der Waals surface area (Å²) in [5, 5.41) is 2.50. The quantitative estimate of drug-likeness (QED) is 0.338. The molecule has 9 heteroatoms. The first-order valence-corrected chi connectivity index (χ1v) is 12.5. The second kappa shape index (κ2) is 14.2. The van der Waals surface area contributed by atoms with E-state index in [1.54, 1.807) is 71.0 Å². The topological polar surface area (TPSA) is 117 Å². The number of nitrogens with one attached hydrogen (secondary N) is 1. The second-order valence-electron chi connectivity index (χ2n) is 10.2. The Bertz CT molecular complexity index is 1060. The van der Waals surface area contributed by atoms with Gasteiger partial charge in [-0.3, -0.25) is 4.79 Å². The molecule has 38 heavy (non-hydrogen) atoms. The van der Waals surface area contributed by atoms with Crippen LogP contribution in [0.5, 0.6) is 0 Å². The number of carbonyl (C=O) groups is 4. The van der Waals surface area contributed by atoms with E-state index in [4.69, 9.17) is 18.9 Å². The highest BCUT2D eigenvalue weighted by molar-refractivity contribution is 5.86. The Kier molecular flexibility index (Phi) is 11.3. The van der Waals surface area contributed by atoms with Gasteiger partial charge in [0.15, 0.2) is 6.04 Å². The molecule has 0 aliphatic carbocycles. The molecule has 2 aromatic carbocycles. The van der Waals surface area contributed by atoms with Gasteiger partial charge in [-0.05, 0) is 37.8 Å². The van der Waals surface area contributed by atoms with E-state index in [1.807, 2.05) is 24.3 Å². The monoisotopic (exact) mass is 527 g/mol. The molecular formula is C29H37NO8. The van der Waals surface area contributed by atoms with Crippen LogP contribution in [0.1, 0.15) is 52.7 Å². The van der Waals surface area contributed by atoms with Gasteiger partial charge < -0.3 is 24.3 Å². The first kappa shape index (κ1) is 30.3. The van der Waals surface area contributed by atoms with Crippen molar-refractivity contribution in [3.8, 4) is 0 Å². The molecule has 0 radical (unpaired) electrons. The Morgan fingerprint density at radius 3 is 1.87 bits per heavy atom. The Balaban J connectivity index is 2.26. The van der Waals surface area contributed by atoms with E-state index in [0.717, 1.165) is 11.1 Å². The smallest absolute Gasteiger partial charge is 0.458 e. The number of rotatable bonds is 11. The molecule has 1 N–H and O–H groups in total. The molecule has 206 valence electrons. The van der Waals surface area contributed by atoms with E-state index in [1.165, 1.54) is 6.92 Å². The SMILES string of the molecule is CC(=O)N[C@H](C(=O)O[C@H](Cc1ccccc1)C(=O)OCc1ccccc1)[C@H](OC(=O)OC(C)(C)C)C(C)C. The van der Waals surface area contributed by atoms with Crippen molar-refractivity contribution in [2.45, 2.75) is 78.4 Å². The number of amides is 1. The fraction of sp³-hybridized carbons (Fsp3) is 0.448. The van der Waals surface area contributed by atoms with Crippen molar-refractivity contribution in [2.75, 3.05) is 0 Å². The van der Waals surface area contributed by atoms with E-state index in [-0.39, 0.29) is 13.0 Å². The average Bonchev–Trinajstić information content (AvgIpc) is 2.84. The molecule has 0 unspecified atom stereocenters. The summed E-state index contributed by atoms with van der Waals surface area (Å²) in [6, 6.07) is 16.7. The summed E-state index contributed by atoms with van der Waals surface area (Å²) in [7, 11) is 0. The molecular weight excluding hydrogens is 490 g/mol. The molecule has 0 heterocycles. The van der Waals surface area contributed by atoms with Crippen LogP contribution in [0.2, 0.25) is 0 Å². The van der Waals surface area contributed by atoms with Crippen LogP contribution in [0.4, 0.5) is 4.79 Å². The van der Waals surface area contributed by atoms with Gasteiger partial charge in [-0.25, -0.2) is 14.4 Å². The van der Waals surface area contributed by atoms with Crippen molar-refractivity contribution in [3.63, 3.8) is 0 Å². The Hall–Kier alpha value is -3.88. The van der Waals surface area contributed by atoms with E-state index in [2.05, 4.69) is 5.32 Å². The lowest BCUT2D eigenvalue weighted by atomic mass is 9.99. The summed E-state index contributed by atoms with van der Waals surface area (Å²) in [4.78, 5) is 50.8. The molecule has 0 saturated carbocycles. The molecule has 0 saturated heterocycles. The highest BCUT2D eigenvalue weighted by Gasteiger charge is 2.39. The van der Waals surface area contributed by atoms with Gasteiger partial charge >= 0.3 is 18.1 Å². The van der Waals surface area contributed by atoms with Crippen molar-refractivity contribution < 1.29 is 38.1 Å². The predicted molar refractivity (Wildman–Crippen MR) is 140 cm³/mol. The predicted octanol–water partition coefficient (Wildman–Crippen LogP) is 4.37. The third-order valence-corrected chi connectivity index (χ3v) is 5.23. The van der Waals surface area contributed by atoms with E-state index in [0.29, 0.717) is 0 Å². The number of carbonyl (C=O) groups excluding carboxylic acids is 4. The largest absolute Gasteiger partial charge is 0.509 e.